The number of nitrogens with two attached hydrogens (primary N) is 1. The van der Waals surface area contributed by atoms with E-state index in [-0.39, 0.29) is 26.8 Å². The molecule has 2 aliphatic rings. The molecule has 13 heteroatoms. The lowest BCUT2D eigenvalue weighted by Gasteiger charge is -2.44. The van der Waals surface area contributed by atoms with Crippen LogP contribution in [-0.2, 0) is 22.8 Å². The van der Waals surface area contributed by atoms with E-state index in [1.807, 2.05) is 0 Å². The molecular weight excluding hydrogens is 559 g/mol. The Hall–Kier alpha value is -0.939. The minimum absolute atomic E-state index is 0.0345. The van der Waals surface area contributed by atoms with Crippen LogP contribution in [0, 0.1) is 5.41 Å². The molecule has 0 aromatic heterocycles. The maximum absolute atomic E-state index is 12.3. The summed E-state index contributed by atoms with van der Waals surface area (Å²) in [6.07, 6.45) is -2.98. The first kappa shape index (κ1) is 35.3. The van der Waals surface area contributed by atoms with Crippen molar-refractivity contribution in [3.05, 3.63) is 0 Å². The van der Waals surface area contributed by atoms with Gasteiger partial charge in [0.2, 0.25) is 0 Å². The number of guanidine groups is 1. The van der Waals surface area contributed by atoms with Crippen LogP contribution in [0.2, 0.25) is 54.4 Å². The molecule has 2 heterocycles. The zero-order valence-electron chi connectivity index (χ0n) is 27.7. The monoisotopic (exact) mass is 615 g/mol. The SMILES string of the molecule is CC(C)(C)[Si](C)(C)OC[C@H]1O[C@@H](NC2N=C(N)NC(=O)C2=N)[C@H](O[Si](C)(C)C(C)(C)C)[C@@H]1O[Si](C)(C)C(C)(C)C. The summed E-state index contributed by atoms with van der Waals surface area (Å²) < 4.78 is 27.5. The van der Waals surface area contributed by atoms with E-state index >= 15 is 0 Å². The third-order valence-corrected chi connectivity index (χ3v) is 23.0. The zero-order chi connectivity index (χ0) is 31.3. The van der Waals surface area contributed by atoms with Crippen LogP contribution in [0.4, 0.5) is 0 Å². The lowest BCUT2D eigenvalue weighted by molar-refractivity contribution is -0.114. The highest BCUT2D eigenvalue weighted by atomic mass is 28.4. The Bertz CT molecular complexity index is 983. The predicted octanol–water partition coefficient (Wildman–Crippen LogP) is 4.89. The van der Waals surface area contributed by atoms with Gasteiger partial charge in [0.1, 0.15) is 30.3 Å². The number of rotatable bonds is 9. The Kier molecular flexibility index (Phi) is 10.2. The topological polar surface area (TPSA) is 140 Å². The van der Waals surface area contributed by atoms with E-state index in [0.29, 0.717) is 6.61 Å². The van der Waals surface area contributed by atoms with Gasteiger partial charge in [-0.3, -0.25) is 20.8 Å². The summed E-state index contributed by atoms with van der Waals surface area (Å²) in [4.78, 5) is 16.6. The molecule has 40 heavy (non-hydrogen) atoms. The molecule has 1 amide bonds. The molecule has 1 fully saturated rings. The molecule has 0 aliphatic carbocycles. The number of hydrogen-bond donors (Lipinski definition) is 4. The van der Waals surface area contributed by atoms with Gasteiger partial charge >= 0.3 is 0 Å². The smallest absolute Gasteiger partial charge is 0.275 e. The average Bonchev–Trinajstić information content (AvgIpc) is 3.03. The molecule has 0 aromatic carbocycles. The number of aliphatic imine (C=N–C) groups is 1. The van der Waals surface area contributed by atoms with E-state index in [2.05, 4.69) is 117 Å². The van der Waals surface area contributed by atoms with E-state index in [0.717, 1.165) is 0 Å². The fourth-order valence-electron chi connectivity index (χ4n) is 3.63. The van der Waals surface area contributed by atoms with Gasteiger partial charge in [-0.25, -0.2) is 4.99 Å². The summed E-state index contributed by atoms with van der Waals surface area (Å²) in [5.41, 5.74) is 5.62. The normalized spacial score (nSPS) is 27.6. The molecule has 5 atom stereocenters. The average molecular weight is 616 g/mol. The Labute approximate surface area is 245 Å². The summed E-state index contributed by atoms with van der Waals surface area (Å²) in [7, 11) is -6.68. The molecular formula is C27H57N5O5Si3. The van der Waals surface area contributed by atoms with Crippen LogP contribution < -0.4 is 16.4 Å². The van der Waals surface area contributed by atoms with Crippen LogP contribution in [0.1, 0.15) is 62.3 Å². The van der Waals surface area contributed by atoms with Gasteiger partial charge in [-0.05, 0) is 54.4 Å². The minimum atomic E-state index is -2.31. The van der Waals surface area contributed by atoms with Crippen molar-refractivity contribution in [2.45, 2.75) is 147 Å². The molecule has 0 bridgehead atoms. The predicted molar refractivity (Wildman–Crippen MR) is 170 cm³/mol. The second-order valence-corrected chi connectivity index (χ2v) is 30.1. The molecule has 2 aliphatic heterocycles. The number of hydrogen-bond acceptors (Lipinski definition) is 9. The summed E-state index contributed by atoms with van der Waals surface area (Å²) in [6, 6.07) is 0. The van der Waals surface area contributed by atoms with Gasteiger partial charge in [0.15, 0.2) is 37.1 Å². The molecule has 2 rings (SSSR count). The number of nitrogens with one attached hydrogen (secondary N) is 3. The molecule has 232 valence electrons. The van der Waals surface area contributed by atoms with Crippen molar-refractivity contribution in [3.8, 4) is 0 Å². The highest BCUT2D eigenvalue weighted by molar-refractivity contribution is 6.75. The number of carbonyl (C=O) groups is 1. The minimum Gasteiger partial charge on any atom is -0.414 e. The van der Waals surface area contributed by atoms with Crippen molar-refractivity contribution in [1.29, 1.82) is 5.41 Å². The van der Waals surface area contributed by atoms with Crippen molar-refractivity contribution in [2.75, 3.05) is 6.61 Å². The standard InChI is InChI=1S/C27H57N5O5Si3/c1-25(2,3)38(10,11)34-16-17-19(36-39(12,13)26(4,5)6)20(37-40(14,15)27(7,8)9)23(35-17)30-21-18(28)22(33)32-24(29)31-21/h17,19-21,23,28,30H,16H2,1-15H3,(H3,29,31,32,33)/t17-,19-,20-,21?,23-/m1/s1. The molecule has 0 spiro atoms. The van der Waals surface area contributed by atoms with Crippen LogP contribution in [0.15, 0.2) is 4.99 Å². The maximum Gasteiger partial charge on any atom is 0.275 e. The maximum atomic E-state index is 12.3. The first-order chi connectivity index (χ1) is 17.7. The highest BCUT2D eigenvalue weighted by Crippen LogP contribution is 2.44. The van der Waals surface area contributed by atoms with Crippen molar-refractivity contribution in [2.24, 2.45) is 10.7 Å². The van der Waals surface area contributed by atoms with Crippen LogP contribution in [0.5, 0.6) is 0 Å². The molecule has 0 radical (unpaired) electrons. The zero-order valence-corrected chi connectivity index (χ0v) is 30.7. The highest BCUT2D eigenvalue weighted by Gasteiger charge is 2.55. The number of amides is 1. The summed E-state index contributed by atoms with van der Waals surface area (Å²) >= 11 is 0. The van der Waals surface area contributed by atoms with Crippen LogP contribution >= 0.6 is 0 Å². The Morgan fingerprint density at radius 3 is 1.77 bits per heavy atom. The Balaban J connectivity index is 2.56. The van der Waals surface area contributed by atoms with E-state index in [1.165, 1.54) is 0 Å². The van der Waals surface area contributed by atoms with Crippen molar-refractivity contribution in [3.63, 3.8) is 0 Å². The Morgan fingerprint density at radius 1 is 0.875 bits per heavy atom. The van der Waals surface area contributed by atoms with Gasteiger partial charge < -0.3 is 23.7 Å². The molecule has 1 unspecified atom stereocenters. The quantitative estimate of drug-likeness (QED) is 0.271. The Morgan fingerprint density at radius 2 is 1.32 bits per heavy atom. The molecule has 1 saturated heterocycles. The first-order valence-corrected chi connectivity index (χ1v) is 23.1. The van der Waals surface area contributed by atoms with Crippen molar-refractivity contribution >= 4 is 42.5 Å². The number of ether oxygens (including phenoxy) is 1. The lowest BCUT2D eigenvalue weighted by Crippen LogP contribution is -2.60. The largest absolute Gasteiger partial charge is 0.414 e. The molecule has 5 N–H and O–H groups in total. The second kappa shape index (κ2) is 11.6. The van der Waals surface area contributed by atoms with E-state index in [9.17, 15) is 4.79 Å². The first-order valence-electron chi connectivity index (χ1n) is 14.3. The summed E-state index contributed by atoms with van der Waals surface area (Å²) in [5.74, 6) is -0.623. The summed E-state index contributed by atoms with van der Waals surface area (Å²) in [6.45, 7) is 33.6. The van der Waals surface area contributed by atoms with Crippen LogP contribution in [-0.4, -0.2) is 79.8 Å². The fraction of sp³-hybridized carbons (Fsp3) is 0.889. The van der Waals surface area contributed by atoms with Crippen LogP contribution in [0.3, 0.4) is 0 Å². The lowest BCUT2D eigenvalue weighted by atomic mass is 10.1. The molecule has 0 aromatic rings. The van der Waals surface area contributed by atoms with E-state index in [1.54, 1.807) is 0 Å². The molecule has 10 nitrogen and oxygen atoms in total. The second-order valence-electron chi connectivity index (χ2n) is 15.8. The van der Waals surface area contributed by atoms with Gasteiger partial charge in [-0.1, -0.05) is 62.3 Å². The van der Waals surface area contributed by atoms with Crippen molar-refractivity contribution in [1.82, 2.24) is 10.6 Å². The van der Waals surface area contributed by atoms with Gasteiger partial charge in [0.25, 0.3) is 5.91 Å². The van der Waals surface area contributed by atoms with E-state index in [4.69, 9.17) is 29.2 Å². The van der Waals surface area contributed by atoms with Crippen molar-refractivity contribution < 1.29 is 22.8 Å². The third-order valence-electron chi connectivity index (χ3n) is 9.55. The van der Waals surface area contributed by atoms with Crippen LogP contribution in [0.25, 0.3) is 0 Å². The van der Waals surface area contributed by atoms with Gasteiger partial charge in [0.05, 0.1) is 6.61 Å². The van der Waals surface area contributed by atoms with Gasteiger partial charge in [-0.15, -0.1) is 0 Å². The molecule has 0 saturated carbocycles. The van der Waals surface area contributed by atoms with Gasteiger partial charge in [-0.2, -0.15) is 0 Å². The fourth-order valence-corrected chi connectivity index (χ4v) is 7.25. The third kappa shape index (κ3) is 7.91. The van der Waals surface area contributed by atoms with E-state index < -0.39 is 61.6 Å². The number of carbonyl (C=O) groups excluding carboxylic acids is 1. The van der Waals surface area contributed by atoms with Gasteiger partial charge in [0, 0.05) is 0 Å². The summed E-state index contributed by atoms with van der Waals surface area (Å²) in [5, 5.41) is 14.0. The number of nitrogens with zero attached hydrogens (tertiary/aromatic N) is 1.